The summed E-state index contributed by atoms with van der Waals surface area (Å²) in [6, 6.07) is 11.8. The van der Waals surface area contributed by atoms with Crippen LogP contribution in [0.2, 0.25) is 5.31 Å². The molecule has 1 aliphatic heterocycles. The average molecular weight is 396 g/mol. The summed E-state index contributed by atoms with van der Waals surface area (Å²) in [5, 5.41) is 24.8. The number of allylic oxidation sites excluding steroid dienone is 1. The SMILES string of the molecule is [B]C1OC(CO)C(O)C1OCc1ccc2ccc3c4c(ccc1c24)=CC([B])(C)C=C3. The molecule has 0 bridgehead atoms. The molecule has 0 spiro atoms. The third-order valence-corrected chi connectivity index (χ3v) is 6.14. The van der Waals surface area contributed by atoms with E-state index in [0.29, 0.717) is 0 Å². The predicted molar refractivity (Wildman–Crippen MR) is 120 cm³/mol. The van der Waals surface area contributed by atoms with Crippen molar-refractivity contribution in [2.75, 3.05) is 6.61 Å². The Morgan fingerprint density at radius 1 is 1.13 bits per heavy atom. The van der Waals surface area contributed by atoms with Crippen molar-refractivity contribution in [3.63, 3.8) is 0 Å². The van der Waals surface area contributed by atoms with Gasteiger partial charge in [0, 0.05) is 6.00 Å². The lowest BCUT2D eigenvalue weighted by Crippen LogP contribution is -2.36. The van der Waals surface area contributed by atoms with Crippen LogP contribution in [-0.2, 0) is 16.1 Å². The third kappa shape index (κ3) is 3.19. The maximum Gasteiger partial charge on any atom is 0.112 e. The monoisotopic (exact) mass is 396 g/mol. The van der Waals surface area contributed by atoms with E-state index < -0.39 is 29.6 Å². The standard InChI is InChI=1S/C24H22B2O4/c1-24(26)9-8-14-3-2-13-4-5-16(17-7-6-15(10-24)19(14)20(13)17)12-29-22-21(28)18(11-27)30-23(22)25/h2-10,18,21-23,27-28H,11-12H2,1H3. The minimum atomic E-state index is -0.962. The number of hydrogen-bond acceptors (Lipinski definition) is 4. The minimum Gasteiger partial charge on any atom is -0.394 e. The van der Waals surface area contributed by atoms with E-state index in [1.165, 1.54) is 10.8 Å². The van der Waals surface area contributed by atoms with Gasteiger partial charge in [0.15, 0.2) is 0 Å². The van der Waals surface area contributed by atoms with Crippen LogP contribution in [0.1, 0.15) is 18.1 Å². The summed E-state index contributed by atoms with van der Waals surface area (Å²) in [7, 11) is 12.3. The Kier molecular flexibility index (Phi) is 4.79. The zero-order valence-corrected chi connectivity index (χ0v) is 16.8. The fourth-order valence-electron chi connectivity index (χ4n) is 4.60. The van der Waals surface area contributed by atoms with Gasteiger partial charge in [-0.05, 0) is 43.2 Å². The quantitative estimate of drug-likeness (QED) is 0.663. The number of rotatable bonds is 4. The van der Waals surface area contributed by atoms with Gasteiger partial charge >= 0.3 is 0 Å². The summed E-state index contributed by atoms with van der Waals surface area (Å²) < 4.78 is 11.3. The molecular weight excluding hydrogens is 374 g/mol. The highest BCUT2D eigenvalue weighted by molar-refractivity contribution is 6.22. The van der Waals surface area contributed by atoms with Crippen LogP contribution < -0.4 is 5.22 Å². The first-order valence-corrected chi connectivity index (χ1v) is 10.2. The minimum absolute atomic E-state index is 0.277. The first-order valence-electron chi connectivity index (χ1n) is 10.2. The molecule has 5 unspecified atom stereocenters. The summed E-state index contributed by atoms with van der Waals surface area (Å²) in [5.41, 5.74) is 2.14. The second kappa shape index (κ2) is 7.24. The molecule has 6 heteroatoms. The average Bonchev–Trinajstić information content (AvgIpc) is 2.91. The van der Waals surface area contributed by atoms with Gasteiger partial charge in [0.25, 0.3) is 0 Å². The number of benzene rings is 3. The van der Waals surface area contributed by atoms with Gasteiger partial charge in [-0.2, -0.15) is 0 Å². The molecule has 4 radical (unpaired) electrons. The van der Waals surface area contributed by atoms with Gasteiger partial charge in [0.2, 0.25) is 0 Å². The molecule has 0 saturated carbocycles. The van der Waals surface area contributed by atoms with Crippen LogP contribution >= 0.6 is 0 Å². The van der Waals surface area contributed by atoms with E-state index >= 15 is 0 Å². The normalized spacial score (nSPS) is 30.6. The topological polar surface area (TPSA) is 58.9 Å². The molecule has 2 N–H and O–H groups in total. The van der Waals surface area contributed by atoms with Crippen molar-refractivity contribution < 1.29 is 19.7 Å². The van der Waals surface area contributed by atoms with Crippen molar-refractivity contribution in [3.8, 4) is 0 Å². The smallest absolute Gasteiger partial charge is 0.112 e. The van der Waals surface area contributed by atoms with Gasteiger partial charge in [0.05, 0.1) is 21.1 Å². The van der Waals surface area contributed by atoms with E-state index in [1.807, 2.05) is 19.1 Å². The van der Waals surface area contributed by atoms with Crippen LogP contribution in [0.5, 0.6) is 0 Å². The number of hydrogen-bond donors (Lipinski definition) is 2. The molecule has 1 heterocycles. The molecule has 3 aromatic carbocycles. The number of aliphatic hydroxyl groups is 2. The van der Waals surface area contributed by atoms with Gasteiger partial charge in [-0.25, -0.2) is 0 Å². The first-order chi connectivity index (χ1) is 14.4. The molecule has 30 heavy (non-hydrogen) atoms. The van der Waals surface area contributed by atoms with E-state index in [0.717, 1.165) is 27.1 Å². The maximum atomic E-state index is 10.3. The lowest BCUT2D eigenvalue weighted by Gasteiger charge is -2.20. The molecule has 1 fully saturated rings. The van der Waals surface area contributed by atoms with Gasteiger partial charge in [-0.1, -0.05) is 61.5 Å². The van der Waals surface area contributed by atoms with Gasteiger partial charge in [0.1, 0.15) is 26.2 Å². The fraction of sp³-hybridized carbons (Fsp3) is 0.333. The Labute approximate surface area is 178 Å². The van der Waals surface area contributed by atoms with Crippen LogP contribution in [0.25, 0.3) is 33.7 Å². The van der Waals surface area contributed by atoms with E-state index in [9.17, 15) is 10.2 Å². The molecule has 5 rings (SSSR count). The zero-order valence-electron chi connectivity index (χ0n) is 16.8. The lowest BCUT2D eigenvalue weighted by atomic mass is 9.70. The highest BCUT2D eigenvalue weighted by Gasteiger charge is 2.41. The van der Waals surface area contributed by atoms with Crippen LogP contribution in [-0.4, -0.2) is 56.8 Å². The summed E-state index contributed by atoms with van der Waals surface area (Å²) >= 11 is 0. The van der Waals surface area contributed by atoms with E-state index in [2.05, 4.69) is 42.5 Å². The highest BCUT2D eigenvalue weighted by Crippen LogP contribution is 2.35. The Morgan fingerprint density at radius 2 is 1.93 bits per heavy atom. The van der Waals surface area contributed by atoms with Crippen molar-refractivity contribution in [2.24, 2.45) is 0 Å². The lowest BCUT2D eigenvalue weighted by molar-refractivity contribution is -0.0351. The Balaban J connectivity index is 1.58. The molecule has 3 aromatic rings. The third-order valence-electron chi connectivity index (χ3n) is 6.14. The second-order valence-corrected chi connectivity index (χ2v) is 8.49. The Morgan fingerprint density at radius 3 is 2.70 bits per heavy atom. The summed E-state index contributed by atoms with van der Waals surface area (Å²) in [6.45, 7) is 1.97. The zero-order chi connectivity index (χ0) is 21.0. The molecular formula is C24H22B2O4. The first kappa shape index (κ1) is 19.8. The molecule has 0 amide bonds. The molecule has 1 saturated heterocycles. The molecule has 2 aliphatic rings. The summed E-state index contributed by atoms with van der Waals surface area (Å²) in [6.07, 6.45) is 3.83. The molecule has 1 aliphatic carbocycles. The van der Waals surface area contributed by atoms with E-state index in [1.54, 1.807) is 0 Å². The van der Waals surface area contributed by atoms with Crippen molar-refractivity contribution in [1.82, 2.24) is 0 Å². The Hall–Kier alpha value is -2.11. The predicted octanol–water partition coefficient (Wildman–Crippen LogP) is 2.00. The molecule has 4 nitrogen and oxygen atoms in total. The molecule has 148 valence electrons. The van der Waals surface area contributed by atoms with Gasteiger partial charge < -0.3 is 19.7 Å². The summed E-state index contributed by atoms with van der Waals surface area (Å²) in [4.78, 5) is 0. The highest BCUT2D eigenvalue weighted by atomic mass is 16.6. The fourth-order valence-corrected chi connectivity index (χ4v) is 4.60. The molecule has 5 atom stereocenters. The van der Waals surface area contributed by atoms with Gasteiger partial charge in [-0.3, -0.25) is 0 Å². The van der Waals surface area contributed by atoms with Crippen molar-refractivity contribution in [1.29, 1.82) is 0 Å². The van der Waals surface area contributed by atoms with Crippen LogP contribution in [0.3, 0.4) is 0 Å². The van der Waals surface area contributed by atoms with Crippen molar-refractivity contribution in [3.05, 3.63) is 58.8 Å². The number of ether oxygens (including phenoxy) is 2. The van der Waals surface area contributed by atoms with Crippen LogP contribution in [0, 0.1) is 0 Å². The molecule has 0 aromatic heterocycles. The van der Waals surface area contributed by atoms with Crippen molar-refractivity contribution >= 4 is 49.4 Å². The Bertz CT molecular complexity index is 1200. The van der Waals surface area contributed by atoms with Gasteiger partial charge in [-0.15, -0.1) is 0 Å². The second-order valence-electron chi connectivity index (χ2n) is 8.49. The largest absolute Gasteiger partial charge is 0.394 e. The van der Waals surface area contributed by atoms with Crippen LogP contribution in [0.4, 0.5) is 0 Å². The van der Waals surface area contributed by atoms with E-state index in [-0.39, 0.29) is 13.2 Å². The number of aliphatic hydroxyl groups excluding tert-OH is 2. The van der Waals surface area contributed by atoms with E-state index in [4.69, 9.17) is 25.2 Å². The van der Waals surface area contributed by atoms with Crippen molar-refractivity contribution in [2.45, 2.75) is 43.2 Å². The van der Waals surface area contributed by atoms with Crippen LogP contribution in [0.15, 0.2) is 42.5 Å². The maximum absolute atomic E-state index is 10.3. The summed E-state index contributed by atoms with van der Waals surface area (Å²) in [5.74, 6) is 0.